The summed E-state index contributed by atoms with van der Waals surface area (Å²) in [5.41, 5.74) is 2.07. The number of piperazine rings is 1. The number of nitrogens with zero attached hydrogens (tertiary/aromatic N) is 5. The quantitative estimate of drug-likeness (QED) is 0.554. The molecule has 2 fully saturated rings. The van der Waals surface area contributed by atoms with Crippen LogP contribution in [0.3, 0.4) is 0 Å². The number of nitriles is 1. The second kappa shape index (κ2) is 9.67. The van der Waals surface area contributed by atoms with Crippen LogP contribution in [-0.4, -0.2) is 59.4 Å². The SMILES string of the molecule is C=CC(=O)Nc1cc(N2CCN(C)CC2=O)ccc1Nc1ncc(C#N)c(NC2CCC2)n1. The van der Waals surface area contributed by atoms with Gasteiger partial charge in [-0.1, -0.05) is 6.58 Å². The Labute approximate surface area is 192 Å². The van der Waals surface area contributed by atoms with E-state index >= 15 is 0 Å². The van der Waals surface area contributed by atoms with Crippen molar-refractivity contribution in [3.05, 3.63) is 42.6 Å². The number of aromatic nitrogens is 2. The molecular formula is C23H26N8O2. The maximum Gasteiger partial charge on any atom is 0.247 e. The predicted molar refractivity (Wildman–Crippen MR) is 126 cm³/mol. The van der Waals surface area contributed by atoms with E-state index in [1.807, 2.05) is 18.0 Å². The third-order valence-electron chi connectivity index (χ3n) is 5.77. The van der Waals surface area contributed by atoms with Crippen molar-refractivity contribution >= 4 is 40.6 Å². The maximum atomic E-state index is 12.5. The number of nitrogens with one attached hydrogen (secondary N) is 3. The molecule has 170 valence electrons. The van der Waals surface area contributed by atoms with Gasteiger partial charge in [0.05, 0.1) is 24.1 Å². The van der Waals surface area contributed by atoms with Gasteiger partial charge in [0.1, 0.15) is 17.5 Å². The Morgan fingerprint density at radius 2 is 2.12 bits per heavy atom. The minimum absolute atomic E-state index is 0.00686. The van der Waals surface area contributed by atoms with Crippen LogP contribution >= 0.6 is 0 Å². The molecule has 4 rings (SSSR count). The van der Waals surface area contributed by atoms with Crippen LogP contribution in [-0.2, 0) is 9.59 Å². The highest BCUT2D eigenvalue weighted by atomic mass is 16.2. The number of likely N-dealkylation sites (N-methyl/N-ethyl adjacent to an activating group) is 1. The molecule has 1 saturated carbocycles. The molecular weight excluding hydrogens is 420 g/mol. The number of hydrogen-bond acceptors (Lipinski definition) is 8. The van der Waals surface area contributed by atoms with Crippen molar-refractivity contribution in [1.29, 1.82) is 5.26 Å². The van der Waals surface area contributed by atoms with E-state index in [1.165, 1.54) is 12.3 Å². The van der Waals surface area contributed by atoms with Crippen molar-refractivity contribution in [3.63, 3.8) is 0 Å². The lowest BCUT2D eigenvalue weighted by Crippen LogP contribution is -2.48. The third kappa shape index (κ3) is 5.10. The van der Waals surface area contributed by atoms with E-state index in [1.54, 1.807) is 17.0 Å². The van der Waals surface area contributed by atoms with Gasteiger partial charge in [-0.2, -0.15) is 10.2 Å². The molecule has 1 aromatic carbocycles. The lowest BCUT2D eigenvalue weighted by Gasteiger charge is -2.32. The highest BCUT2D eigenvalue weighted by Gasteiger charge is 2.24. The average molecular weight is 447 g/mol. The lowest BCUT2D eigenvalue weighted by molar-refractivity contribution is -0.120. The van der Waals surface area contributed by atoms with Gasteiger partial charge < -0.3 is 20.9 Å². The number of amides is 2. The number of rotatable bonds is 7. The first-order chi connectivity index (χ1) is 16.0. The molecule has 1 saturated heterocycles. The average Bonchev–Trinajstić information content (AvgIpc) is 2.77. The van der Waals surface area contributed by atoms with Gasteiger partial charge >= 0.3 is 0 Å². The fourth-order valence-electron chi connectivity index (χ4n) is 3.66. The Bertz CT molecular complexity index is 1120. The summed E-state index contributed by atoms with van der Waals surface area (Å²) >= 11 is 0. The van der Waals surface area contributed by atoms with E-state index in [2.05, 4.69) is 38.6 Å². The molecule has 0 unspecified atom stereocenters. The van der Waals surface area contributed by atoms with Crippen LogP contribution < -0.4 is 20.9 Å². The topological polar surface area (TPSA) is 126 Å². The Morgan fingerprint density at radius 3 is 2.79 bits per heavy atom. The van der Waals surface area contributed by atoms with E-state index in [-0.39, 0.29) is 17.8 Å². The molecule has 0 bridgehead atoms. The normalized spacial score (nSPS) is 16.5. The highest BCUT2D eigenvalue weighted by molar-refractivity contribution is 6.03. The maximum absolute atomic E-state index is 12.5. The molecule has 2 aromatic rings. The fourth-order valence-corrected chi connectivity index (χ4v) is 3.66. The van der Waals surface area contributed by atoms with Crippen molar-refractivity contribution in [2.75, 3.05) is 47.5 Å². The first kappa shape index (κ1) is 22.2. The molecule has 0 atom stereocenters. The summed E-state index contributed by atoms with van der Waals surface area (Å²) in [6.07, 6.45) is 5.89. The number of hydrogen-bond donors (Lipinski definition) is 3. The Hall–Kier alpha value is -3.97. The molecule has 1 aliphatic carbocycles. The lowest BCUT2D eigenvalue weighted by atomic mass is 9.93. The number of benzene rings is 1. The summed E-state index contributed by atoms with van der Waals surface area (Å²) in [5, 5.41) is 18.6. The minimum Gasteiger partial charge on any atom is -0.366 e. The van der Waals surface area contributed by atoms with Gasteiger partial charge in [0.15, 0.2) is 0 Å². The molecule has 2 heterocycles. The molecule has 2 amide bonds. The van der Waals surface area contributed by atoms with Gasteiger partial charge in [0, 0.05) is 24.8 Å². The number of carbonyl (C=O) groups is 2. The second-order valence-corrected chi connectivity index (χ2v) is 8.17. The van der Waals surface area contributed by atoms with Gasteiger partial charge in [-0.05, 0) is 50.6 Å². The van der Waals surface area contributed by atoms with Gasteiger partial charge in [0.25, 0.3) is 0 Å². The summed E-state index contributed by atoms with van der Waals surface area (Å²) in [6.45, 7) is 5.17. The number of anilines is 5. The van der Waals surface area contributed by atoms with Crippen LogP contribution in [0, 0.1) is 11.3 Å². The Morgan fingerprint density at radius 1 is 1.30 bits per heavy atom. The molecule has 0 spiro atoms. The van der Waals surface area contributed by atoms with Crippen molar-refractivity contribution in [2.24, 2.45) is 0 Å². The van der Waals surface area contributed by atoms with E-state index in [0.717, 1.165) is 25.8 Å². The molecule has 33 heavy (non-hydrogen) atoms. The second-order valence-electron chi connectivity index (χ2n) is 8.17. The van der Waals surface area contributed by atoms with E-state index in [9.17, 15) is 14.9 Å². The summed E-state index contributed by atoms with van der Waals surface area (Å²) in [4.78, 5) is 36.9. The summed E-state index contributed by atoms with van der Waals surface area (Å²) in [5.74, 6) is 0.380. The van der Waals surface area contributed by atoms with Crippen LogP contribution in [0.4, 0.5) is 28.8 Å². The van der Waals surface area contributed by atoms with Gasteiger partial charge in [-0.25, -0.2) is 4.98 Å². The van der Waals surface area contributed by atoms with Crippen molar-refractivity contribution in [1.82, 2.24) is 14.9 Å². The molecule has 1 aromatic heterocycles. The number of carbonyl (C=O) groups excluding carboxylic acids is 2. The Balaban J connectivity index is 1.61. The molecule has 10 heteroatoms. The zero-order valence-electron chi connectivity index (χ0n) is 18.5. The van der Waals surface area contributed by atoms with E-state index in [4.69, 9.17) is 0 Å². The zero-order chi connectivity index (χ0) is 23.4. The van der Waals surface area contributed by atoms with Gasteiger partial charge in [0.2, 0.25) is 17.8 Å². The zero-order valence-corrected chi connectivity index (χ0v) is 18.5. The summed E-state index contributed by atoms with van der Waals surface area (Å²) < 4.78 is 0. The highest BCUT2D eigenvalue weighted by Crippen LogP contribution is 2.31. The predicted octanol–water partition coefficient (Wildman–Crippen LogP) is 2.46. The van der Waals surface area contributed by atoms with Gasteiger partial charge in [-0.3, -0.25) is 14.5 Å². The third-order valence-corrected chi connectivity index (χ3v) is 5.77. The summed E-state index contributed by atoms with van der Waals surface area (Å²) in [7, 11) is 1.91. The van der Waals surface area contributed by atoms with Crippen molar-refractivity contribution < 1.29 is 9.59 Å². The standard InChI is InChI=1S/C23H26N8O2/c1-3-20(32)27-19-11-17(31-10-9-30(2)14-21(31)33)7-8-18(19)28-23-25-13-15(12-24)22(29-23)26-16-5-4-6-16/h3,7-8,11,13,16H,1,4-6,9-10,14H2,2H3,(H,27,32)(H2,25,26,28,29). The van der Waals surface area contributed by atoms with E-state index in [0.29, 0.717) is 47.6 Å². The van der Waals surface area contributed by atoms with Crippen molar-refractivity contribution in [2.45, 2.75) is 25.3 Å². The molecule has 2 aliphatic rings. The van der Waals surface area contributed by atoms with E-state index < -0.39 is 0 Å². The van der Waals surface area contributed by atoms with Crippen LogP contribution in [0.25, 0.3) is 0 Å². The van der Waals surface area contributed by atoms with Crippen LogP contribution in [0.2, 0.25) is 0 Å². The summed E-state index contributed by atoms with van der Waals surface area (Å²) in [6, 6.07) is 7.74. The Kier molecular flexibility index (Phi) is 6.51. The molecule has 10 nitrogen and oxygen atoms in total. The van der Waals surface area contributed by atoms with Crippen LogP contribution in [0.5, 0.6) is 0 Å². The monoisotopic (exact) mass is 446 g/mol. The van der Waals surface area contributed by atoms with Crippen LogP contribution in [0.1, 0.15) is 24.8 Å². The first-order valence-corrected chi connectivity index (χ1v) is 10.8. The molecule has 3 N–H and O–H groups in total. The van der Waals surface area contributed by atoms with Gasteiger partial charge in [-0.15, -0.1) is 0 Å². The molecule has 0 radical (unpaired) electrons. The molecule has 1 aliphatic heterocycles. The van der Waals surface area contributed by atoms with Crippen LogP contribution in [0.15, 0.2) is 37.1 Å². The smallest absolute Gasteiger partial charge is 0.247 e. The first-order valence-electron chi connectivity index (χ1n) is 10.8. The fraction of sp³-hybridized carbons (Fsp3) is 0.348. The van der Waals surface area contributed by atoms with Crippen molar-refractivity contribution in [3.8, 4) is 6.07 Å². The largest absolute Gasteiger partial charge is 0.366 e. The minimum atomic E-state index is -0.381.